The summed E-state index contributed by atoms with van der Waals surface area (Å²) < 4.78 is 2.12. The Kier molecular flexibility index (Phi) is 3.06. The predicted octanol–water partition coefficient (Wildman–Crippen LogP) is 2.15. The minimum atomic E-state index is 0.343. The molecule has 2 rings (SSSR count). The zero-order valence-corrected chi connectivity index (χ0v) is 9.72. The van der Waals surface area contributed by atoms with E-state index in [0.717, 1.165) is 11.4 Å². The zero-order valence-electron chi connectivity index (χ0n) is 9.72. The molecule has 0 spiro atoms. The number of imidazole rings is 1. The molecule has 1 aromatic carbocycles. The van der Waals surface area contributed by atoms with Gasteiger partial charge < -0.3 is 10.3 Å². The van der Waals surface area contributed by atoms with E-state index >= 15 is 0 Å². The van der Waals surface area contributed by atoms with Gasteiger partial charge in [-0.2, -0.15) is 0 Å². The lowest BCUT2D eigenvalue weighted by atomic mass is 10.1. The molecule has 3 nitrogen and oxygen atoms in total. The van der Waals surface area contributed by atoms with E-state index in [1.807, 2.05) is 31.4 Å². The van der Waals surface area contributed by atoms with E-state index in [0.29, 0.717) is 12.5 Å². The van der Waals surface area contributed by atoms with Crippen LogP contribution < -0.4 is 5.73 Å². The second-order valence-corrected chi connectivity index (χ2v) is 4.07. The number of hydrogen-bond donors (Lipinski definition) is 1. The van der Waals surface area contributed by atoms with Crippen molar-refractivity contribution in [1.82, 2.24) is 9.55 Å². The van der Waals surface area contributed by atoms with Crippen molar-refractivity contribution in [2.75, 3.05) is 6.54 Å². The normalized spacial score (nSPS) is 12.7. The summed E-state index contributed by atoms with van der Waals surface area (Å²) >= 11 is 0. The van der Waals surface area contributed by atoms with E-state index in [-0.39, 0.29) is 0 Å². The largest absolute Gasteiger partial charge is 0.331 e. The highest BCUT2D eigenvalue weighted by Crippen LogP contribution is 2.21. The van der Waals surface area contributed by atoms with Crippen molar-refractivity contribution >= 4 is 0 Å². The van der Waals surface area contributed by atoms with Gasteiger partial charge in [0.2, 0.25) is 0 Å². The van der Waals surface area contributed by atoms with Gasteiger partial charge in [0.05, 0.1) is 0 Å². The fourth-order valence-corrected chi connectivity index (χ4v) is 1.86. The molecule has 0 aliphatic carbocycles. The smallest absolute Gasteiger partial charge is 0.139 e. The molecule has 84 valence electrons. The summed E-state index contributed by atoms with van der Waals surface area (Å²) in [5.74, 6) is 1.34. The highest BCUT2D eigenvalue weighted by molar-refractivity contribution is 5.55. The van der Waals surface area contributed by atoms with Crippen LogP contribution in [-0.4, -0.2) is 16.1 Å². The molecule has 16 heavy (non-hydrogen) atoms. The second-order valence-electron chi connectivity index (χ2n) is 4.07. The molecule has 0 aliphatic rings. The summed E-state index contributed by atoms with van der Waals surface area (Å²) in [5.41, 5.74) is 8.00. The van der Waals surface area contributed by atoms with Gasteiger partial charge in [-0.15, -0.1) is 0 Å². The maximum Gasteiger partial charge on any atom is 0.139 e. The van der Waals surface area contributed by atoms with E-state index in [1.165, 1.54) is 5.69 Å². The van der Waals surface area contributed by atoms with Crippen LogP contribution in [0.3, 0.4) is 0 Å². The van der Waals surface area contributed by atoms with Gasteiger partial charge in [0.25, 0.3) is 0 Å². The van der Waals surface area contributed by atoms with Crippen LogP contribution >= 0.6 is 0 Å². The Bertz CT molecular complexity index is 459. The summed E-state index contributed by atoms with van der Waals surface area (Å²) in [5, 5.41) is 0. The van der Waals surface area contributed by atoms with E-state index in [2.05, 4.69) is 28.6 Å². The highest BCUT2D eigenvalue weighted by atomic mass is 15.1. The topological polar surface area (TPSA) is 43.8 Å². The van der Waals surface area contributed by atoms with Crippen LogP contribution in [0, 0.1) is 0 Å². The first-order valence-corrected chi connectivity index (χ1v) is 5.51. The monoisotopic (exact) mass is 215 g/mol. The van der Waals surface area contributed by atoms with Crippen molar-refractivity contribution in [2.24, 2.45) is 12.8 Å². The molecule has 2 aromatic rings. The van der Waals surface area contributed by atoms with Crippen LogP contribution in [0.2, 0.25) is 0 Å². The molecule has 0 bridgehead atoms. The zero-order chi connectivity index (χ0) is 11.5. The summed E-state index contributed by atoms with van der Waals surface area (Å²) in [6.45, 7) is 2.76. The van der Waals surface area contributed by atoms with Crippen molar-refractivity contribution in [3.8, 4) is 11.4 Å². The molecule has 0 radical (unpaired) electrons. The third kappa shape index (κ3) is 1.86. The number of rotatable bonds is 3. The third-order valence-electron chi connectivity index (χ3n) is 2.91. The van der Waals surface area contributed by atoms with E-state index in [4.69, 9.17) is 5.73 Å². The fraction of sp³-hybridized carbons (Fsp3) is 0.308. The van der Waals surface area contributed by atoms with Gasteiger partial charge >= 0.3 is 0 Å². The number of aromatic nitrogens is 2. The summed E-state index contributed by atoms with van der Waals surface area (Å²) in [7, 11) is 2.04. The molecule has 1 unspecified atom stereocenters. The molecule has 1 heterocycles. The lowest BCUT2D eigenvalue weighted by Crippen LogP contribution is -2.12. The first-order valence-electron chi connectivity index (χ1n) is 5.51. The first kappa shape index (κ1) is 10.9. The van der Waals surface area contributed by atoms with Gasteiger partial charge in [0, 0.05) is 37.0 Å². The molecule has 1 aromatic heterocycles. The van der Waals surface area contributed by atoms with Gasteiger partial charge in [-0.25, -0.2) is 4.98 Å². The number of nitrogens with zero attached hydrogens (tertiary/aromatic N) is 2. The van der Waals surface area contributed by atoms with Gasteiger partial charge in [-0.3, -0.25) is 0 Å². The van der Waals surface area contributed by atoms with Crippen molar-refractivity contribution in [3.05, 3.63) is 42.2 Å². The lowest BCUT2D eigenvalue weighted by molar-refractivity contribution is 0.697. The van der Waals surface area contributed by atoms with Crippen LogP contribution in [0.5, 0.6) is 0 Å². The van der Waals surface area contributed by atoms with E-state index in [9.17, 15) is 0 Å². The number of hydrogen-bond acceptors (Lipinski definition) is 2. The molecule has 0 saturated heterocycles. The van der Waals surface area contributed by atoms with E-state index < -0.39 is 0 Å². The Balaban J connectivity index is 2.41. The Hall–Kier alpha value is -1.61. The van der Waals surface area contributed by atoms with Crippen LogP contribution in [0.1, 0.15) is 18.5 Å². The average molecular weight is 215 g/mol. The van der Waals surface area contributed by atoms with Gasteiger partial charge in [0.1, 0.15) is 5.82 Å². The standard InChI is InChI=1S/C13H17N3/c1-10(8-14)12-9-15-13(16(12)2)11-6-4-3-5-7-11/h3-7,9-10H,8,14H2,1-2H3. The Labute approximate surface area is 95.9 Å². The quantitative estimate of drug-likeness (QED) is 0.852. The molecule has 1 atom stereocenters. The van der Waals surface area contributed by atoms with Gasteiger partial charge in [-0.1, -0.05) is 37.3 Å². The molecule has 0 amide bonds. The maximum atomic E-state index is 5.68. The molecule has 0 aliphatic heterocycles. The fourth-order valence-electron chi connectivity index (χ4n) is 1.86. The maximum absolute atomic E-state index is 5.68. The molecular formula is C13H17N3. The van der Waals surface area contributed by atoms with Crippen LogP contribution in [-0.2, 0) is 7.05 Å². The molecular weight excluding hydrogens is 198 g/mol. The SMILES string of the molecule is CC(CN)c1cnc(-c2ccccc2)n1C. The lowest BCUT2D eigenvalue weighted by Gasteiger charge is -2.10. The number of benzene rings is 1. The predicted molar refractivity (Wildman–Crippen MR) is 66.1 cm³/mol. The molecule has 2 N–H and O–H groups in total. The minimum absolute atomic E-state index is 0.343. The highest BCUT2D eigenvalue weighted by Gasteiger charge is 2.12. The first-order chi connectivity index (χ1) is 7.74. The van der Waals surface area contributed by atoms with E-state index in [1.54, 1.807) is 0 Å². The van der Waals surface area contributed by atoms with Crippen molar-refractivity contribution in [3.63, 3.8) is 0 Å². The molecule has 0 fully saturated rings. The molecule has 3 heteroatoms. The van der Waals surface area contributed by atoms with Crippen LogP contribution in [0.15, 0.2) is 36.5 Å². The molecule has 0 saturated carbocycles. The summed E-state index contributed by atoms with van der Waals surface area (Å²) in [6, 6.07) is 10.2. The Morgan fingerprint density at radius 1 is 1.31 bits per heavy atom. The van der Waals surface area contributed by atoms with Crippen LogP contribution in [0.4, 0.5) is 0 Å². The average Bonchev–Trinajstić information content (AvgIpc) is 2.71. The van der Waals surface area contributed by atoms with Crippen molar-refractivity contribution in [1.29, 1.82) is 0 Å². The van der Waals surface area contributed by atoms with Gasteiger partial charge in [-0.05, 0) is 0 Å². The summed E-state index contributed by atoms with van der Waals surface area (Å²) in [4.78, 5) is 4.46. The van der Waals surface area contributed by atoms with Gasteiger partial charge in [0.15, 0.2) is 0 Å². The third-order valence-corrected chi connectivity index (χ3v) is 2.91. The Morgan fingerprint density at radius 2 is 2.00 bits per heavy atom. The Morgan fingerprint density at radius 3 is 2.62 bits per heavy atom. The van der Waals surface area contributed by atoms with Crippen molar-refractivity contribution < 1.29 is 0 Å². The summed E-state index contributed by atoms with van der Waals surface area (Å²) in [6.07, 6.45) is 1.92. The second kappa shape index (κ2) is 4.49. The van der Waals surface area contributed by atoms with Crippen LogP contribution in [0.25, 0.3) is 11.4 Å². The minimum Gasteiger partial charge on any atom is -0.331 e. The van der Waals surface area contributed by atoms with Crippen molar-refractivity contribution in [2.45, 2.75) is 12.8 Å². The number of nitrogens with two attached hydrogens (primary N) is 1.